The topological polar surface area (TPSA) is 113 Å². The summed E-state index contributed by atoms with van der Waals surface area (Å²) in [6.07, 6.45) is 4.42. The molecule has 1 saturated carbocycles. The number of nitrogens with zero attached hydrogens (tertiary/aromatic N) is 3. The standard InChI is InChI=1S/C27H30F2N4O7/c1-36-20-11-16(12-21(40-27(28)29)24(20)25(34)31-17-3-4-17)19-14-30-23-13-18(5-6-33(19)23)38-9-7-32-8-10-39-22(15-32)26(35)37-2/h5-6,11-14,17,22,27H,3-4,7-10,15H2,1-2H3,(H,31,34)/t22-/m0/s1. The van der Waals surface area contributed by atoms with Gasteiger partial charge in [0.2, 0.25) is 0 Å². The van der Waals surface area contributed by atoms with Gasteiger partial charge in [-0.25, -0.2) is 9.78 Å². The number of halogens is 2. The number of esters is 1. The second kappa shape index (κ2) is 12.0. The molecular formula is C27H30F2N4O7. The fourth-order valence-corrected chi connectivity index (χ4v) is 4.53. The summed E-state index contributed by atoms with van der Waals surface area (Å²) >= 11 is 0. The van der Waals surface area contributed by atoms with Crippen molar-refractivity contribution in [3.63, 3.8) is 0 Å². The lowest BCUT2D eigenvalue weighted by atomic mass is 10.1. The number of aromatic nitrogens is 2. The van der Waals surface area contributed by atoms with Crippen molar-refractivity contribution in [2.45, 2.75) is 31.6 Å². The number of carbonyl (C=O) groups is 2. The number of pyridine rings is 1. The maximum absolute atomic E-state index is 13.3. The molecule has 1 amide bonds. The van der Waals surface area contributed by atoms with Crippen LogP contribution < -0.4 is 19.5 Å². The van der Waals surface area contributed by atoms with Crippen molar-refractivity contribution in [2.75, 3.05) is 47.1 Å². The monoisotopic (exact) mass is 560 g/mol. The lowest BCUT2D eigenvalue weighted by Gasteiger charge is -2.31. The Hall–Kier alpha value is -3.97. The molecule has 1 aliphatic carbocycles. The molecule has 1 N–H and O–H groups in total. The number of methoxy groups -OCH3 is 2. The molecule has 5 rings (SSSR count). The van der Waals surface area contributed by atoms with E-state index in [2.05, 4.69) is 15.2 Å². The van der Waals surface area contributed by atoms with E-state index in [4.69, 9.17) is 23.7 Å². The first kappa shape index (κ1) is 27.6. The van der Waals surface area contributed by atoms with E-state index in [-0.39, 0.29) is 23.1 Å². The average molecular weight is 561 g/mol. The number of amides is 1. The van der Waals surface area contributed by atoms with Crippen molar-refractivity contribution in [3.05, 3.63) is 42.2 Å². The highest BCUT2D eigenvalue weighted by Gasteiger charge is 2.29. The van der Waals surface area contributed by atoms with Gasteiger partial charge in [0.15, 0.2) is 6.10 Å². The van der Waals surface area contributed by atoms with Crippen LogP contribution in [0, 0.1) is 0 Å². The van der Waals surface area contributed by atoms with Gasteiger partial charge in [-0.2, -0.15) is 8.78 Å². The lowest BCUT2D eigenvalue weighted by Crippen LogP contribution is -2.47. The Morgan fingerprint density at radius 1 is 1.20 bits per heavy atom. The van der Waals surface area contributed by atoms with Gasteiger partial charge in [0, 0.05) is 43.5 Å². The van der Waals surface area contributed by atoms with Gasteiger partial charge in [-0.1, -0.05) is 0 Å². The number of imidazole rings is 1. The van der Waals surface area contributed by atoms with E-state index >= 15 is 0 Å². The quantitative estimate of drug-likeness (QED) is 0.354. The molecule has 1 aromatic carbocycles. The summed E-state index contributed by atoms with van der Waals surface area (Å²) in [5.74, 6) is -0.505. The molecule has 1 atom stereocenters. The summed E-state index contributed by atoms with van der Waals surface area (Å²) in [5.41, 5.74) is 1.54. The number of alkyl halides is 2. The average Bonchev–Trinajstić information content (AvgIpc) is 3.66. The lowest BCUT2D eigenvalue weighted by molar-refractivity contribution is -0.159. The first-order valence-electron chi connectivity index (χ1n) is 12.9. The molecule has 0 bridgehead atoms. The molecule has 1 aliphatic heterocycles. The van der Waals surface area contributed by atoms with Crippen molar-refractivity contribution in [1.82, 2.24) is 19.6 Å². The summed E-state index contributed by atoms with van der Waals surface area (Å²) < 4.78 is 54.6. The molecule has 2 aromatic heterocycles. The normalized spacial score (nSPS) is 17.6. The van der Waals surface area contributed by atoms with Crippen LogP contribution in [0.3, 0.4) is 0 Å². The second-order valence-electron chi connectivity index (χ2n) is 9.44. The van der Waals surface area contributed by atoms with E-state index in [0.29, 0.717) is 55.5 Å². The first-order chi connectivity index (χ1) is 19.4. The molecule has 0 spiro atoms. The van der Waals surface area contributed by atoms with Crippen LogP contribution in [0.5, 0.6) is 17.2 Å². The fraction of sp³-hybridized carbons (Fsp3) is 0.444. The van der Waals surface area contributed by atoms with Crippen LogP contribution in [0.2, 0.25) is 0 Å². The minimum Gasteiger partial charge on any atom is -0.496 e. The highest BCUT2D eigenvalue weighted by molar-refractivity contribution is 6.01. The molecule has 0 radical (unpaired) electrons. The molecule has 13 heteroatoms. The summed E-state index contributed by atoms with van der Waals surface area (Å²) in [6, 6.07) is 6.52. The number of morpholine rings is 1. The van der Waals surface area contributed by atoms with E-state index < -0.39 is 24.6 Å². The Morgan fingerprint density at radius 3 is 2.73 bits per heavy atom. The van der Waals surface area contributed by atoms with Crippen molar-refractivity contribution in [3.8, 4) is 28.5 Å². The third-order valence-electron chi connectivity index (χ3n) is 6.71. The highest BCUT2D eigenvalue weighted by atomic mass is 19.3. The Bertz CT molecular complexity index is 1380. The third-order valence-corrected chi connectivity index (χ3v) is 6.71. The minimum absolute atomic E-state index is 0.0251. The number of benzene rings is 1. The molecular weight excluding hydrogens is 530 g/mol. The van der Waals surface area contributed by atoms with E-state index in [9.17, 15) is 18.4 Å². The Morgan fingerprint density at radius 2 is 2.00 bits per heavy atom. The molecule has 2 aliphatic rings. The number of fused-ring (bicyclic) bond motifs is 1. The number of ether oxygens (including phenoxy) is 5. The molecule has 1 saturated heterocycles. The van der Waals surface area contributed by atoms with Crippen LogP contribution in [0.1, 0.15) is 23.2 Å². The summed E-state index contributed by atoms with van der Waals surface area (Å²) in [5, 5.41) is 2.79. The van der Waals surface area contributed by atoms with Gasteiger partial charge in [-0.3, -0.25) is 14.1 Å². The molecule has 3 heterocycles. The van der Waals surface area contributed by atoms with E-state index in [0.717, 1.165) is 12.8 Å². The molecule has 3 aromatic rings. The van der Waals surface area contributed by atoms with Gasteiger partial charge in [-0.05, 0) is 31.0 Å². The third kappa shape index (κ3) is 6.26. The van der Waals surface area contributed by atoms with Gasteiger partial charge in [0.05, 0.1) is 32.7 Å². The minimum atomic E-state index is -3.13. The van der Waals surface area contributed by atoms with Crippen molar-refractivity contribution < 1.29 is 42.1 Å². The van der Waals surface area contributed by atoms with Gasteiger partial charge in [0.25, 0.3) is 5.91 Å². The van der Waals surface area contributed by atoms with Crippen LogP contribution in [0.15, 0.2) is 36.7 Å². The summed E-state index contributed by atoms with van der Waals surface area (Å²) in [6.45, 7) is -0.605. The maximum Gasteiger partial charge on any atom is 0.387 e. The van der Waals surface area contributed by atoms with Gasteiger partial charge in [0.1, 0.15) is 35.1 Å². The smallest absolute Gasteiger partial charge is 0.387 e. The molecule has 0 unspecified atom stereocenters. The van der Waals surface area contributed by atoms with Crippen LogP contribution >= 0.6 is 0 Å². The molecule has 11 nitrogen and oxygen atoms in total. The van der Waals surface area contributed by atoms with Gasteiger partial charge in [-0.15, -0.1) is 0 Å². The van der Waals surface area contributed by atoms with Gasteiger partial charge < -0.3 is 29.0 Å². The van der Waals surface area contributed by atoms with Gasteiger partial charge >= 0.3 is 12.6 Å². The number of hydrogen-bond acceptors (Lipinski definition) is 9. The Labute approximate surface area is 228 Å². The SMILES string of the molecule is COC(=O)[C@@H]1CN(CCOc2ccn3c(-c4cc(OC)c(C(=O)NC5CC5)c(OC(F)F)c4)cnc3c2)CCO1. The zero-order chi connectivity index (χ0) is 28.2. The van der Waals surface area contributed by atoms with Crippen molar-refractivity contribution >= 4 is 17.5 Å². The predicted molar refractivity (Wildman–Crippen MR) is 138 cm³/mol. The molecule has 214 valence electrons. The van der Waals surface area contributed by atoms with Crippen molar-refractivity contribution in [2.24, 2.45) is 0 Å². The summed E-state index contributed by atoms with van der Waals surface area (Å²) in [4.78, 5) is 31.0. The van der Waals surface area contributed by atoms with Crippen LogP contribution in [0.25, 0.3) is 16.9 Å². The maximum atomic E-state index is 13.3. The summed E-state index contributed by atoms with van der Waals surface area (Å²) in [7, 11) is 2.70. The molecule has 40 heavy (non-hydrogen) atoms. The fourth-order valence-electron chi connectivity index (χ4n) is 4.53. The van der Waals surface area contributed by atoms with Crippen molar-refractivity contribution in [1.29, 1.82) is 0 Å². The number of rotatable bonds is 11. The zero-order valence-corrected chi connectivity index (χ0v) is 22.1. The highest BCUT2D eigenvalue weighted by Crippen LogP contribution is 2.37. The predicted octanol–water partition coefficient (Wildman–Crippen LogP) is 2.76. The van der Waals surface area contributed by atoms with Crippen LogP contribution in [-0.4, -0.2) is 92.0 Å². The van der Waals surface area contributed by atoms with Crippen LogP contribution in [0.4, 0.5) is 8.78 Å². The van der Waals surface area contributed by atoms with E-state index in [1.165, 1.54) is 20.3 Å². The Balaban J connectivity index is 1.32. The molecule has 2 fully saturated rings. The second-order valence-corrected chi connectivity index (χ2v) is 9.44. The van der Waals surface area contributed by atoms with E-state index in [1.54, 1.807) is 35.0 Å². The zero-order valence-electron chi connectivity index (χ0n) is 22.1. The number of hydrogen-bond donors (Lipinski definition) is 1. The Kier molecular flexibility index (Phi) is 8.31. The number of nitrogens with one attached hydrogen (secondary N) is 1. The first-order valence-corrected chi connectivity index (χ1v) is 12.9. The van der Waals surface area contributed by atoms with E-state index in [1.807, 2.05) is 0 Å². The number of carbonyl (C=O) groups excluding carboxylic acids is 2. The largest absolute Gasteiger partial charge is 0.496 e. The van der Waals surface area contributed by atoms with Crippen LogP contribution in [-0.2, 0) is 14.3 Å².